The van der Waals surface area contributed by atoms with E-state index in [4.69, 9.17) is 5.11 Å². The number of carbonyl (C=O) groups excluding carboxylic acids is 1. The van der Waals surface area contributed by atoms with Crippen molar-refractivity contribution in [3.8, 4) is 0 Å². The third-order valence-electron chi connectivity index (χ3n) is 3.24. The molecule has 1 fully saturated rings. The first kappa shape index (κ1) is 12.6. The molecule has 0 saturated heterocycles. The predicted molar refractivity (Wildman–Crippen MR) is 67.5 cm³/mol. The molecule has 1 aliphatic carbocycles. The third-order valence-corrected chi connectivity index (χ3v) is 3.24. The Bertz CT molecular complexity index is 466. The second-order valence-corrected chi connectivity index (χ2v) is 4.86. The van der Waals surface area contributed by atoms with Crippen molar-refractivity contribution < 1.29 is 14.7 Å². The van der Waals surface area contributed by atoms with E-state index < -0.39 is 5.97 Å². The van der Waals surface area contributed by atoms with Gasteiger partial charge in [-0.25, -0.2) is 4.79 Å². The lowest BCUT2D eigenvalue weighted by atomic mass is 10.0. The van der Waals surface area contributed by atoms with E-state index in [-0.39, 0.29) is 17.9 Å². The van der Waals surface area contributed by atoms with Crippen LogP contribution in [0, 0.1) is 5.92 Å². The van der Waals surface area contributed by atoms with Gasteiger partial charge in [-0.05, 0) is 30.4 Å². The lowest BCUT2D eigenvalue weighted by Crippen LogP contribution is -2.30. The lowest BCUT2D eigenvalue weighted by molar-refractivity contribution is -0.129. The van der Waals surface area contributed by atoms with Gasteiger partial charge >= 0.3 is 5.97 Å². The van der Waals surface area contributed by atoms with E-state index in [1.54, 1.807) is 30.1 Å². The SMILES string of the molecule is CN(CC1CC1)C(=O)Cc1ccccc1C(=O)O. The third kappa shape index (κ3) is 3.09. The Morgan fingerprint density at radius 1 is 1.33 bits per heavy atom. The summed E-state index contributed by atoms with van der Waals surface area (Å²) in [6.07, 6.45) is 2.55. The highest BCUT2D eigenvalue weighted by Crippen LogP contribution is 2.29. The Hall–Kier alpha value is -1.84. The van der Waals surface area contributed by atoms with Crippen LogP contribution in [0.5, 0.6) is 0 Å². The van der Waals surface area contributed by atoms with E-state index in [1.807, 2.05) is 0 Å². The molecule has 0 bridgehead atoms. The molecule has 0 unspecified atom stereocenters. The smallest absolute Gasteiger partial charge is 0.335 e. The van der Waals surface area contributed by atoms with Crippen LogP contribution in [0.25, 0.3) is 0 Å². The molecule has 1 aromatic rings. The molecule has 4 nitrogen and oxygen atoms in total. The largest absolute Gasteiger partial charge is 0.478 e. The molecule has 0 heterocycles. The van der Waals surface area contributed by atoms with E-state index in [0.717, 1.165) is 6.54 Å². The van der Waals surface area contributed by atoms with E-state index >= 15 is 0 Å². The maximum absolute atomic E-state index is 12.0. The van der Waals surface area contributed by atoms with Gasteiger partial charge in [0.05, 0.1) is 12.0 Å². The number of rotatable bonds is 5. The van der Waals surface area contributed by atoms with Gasteiger partial charge in [-0.15, -0.1) is 0 Å². The molecule has 4 heteroatoms. The Morgan fingerprint density at radius 3 is 2.61 bits per heavy atom. The fraction of sp³-hybridized carbons (Fsp3) is 0.429. The molecule has 18 heavy (non-hydrogen) atoms. The number of carboxylic acids is 1. The Labute approximate surface area is 106 Å². The van der Waals surface area contributed by atoms with Crippen LogP contribution in [-0.4, -0.2) is 35.5 Å². The number of carboxylic acid groups (broad SMARTS) is 1. The number of nitrogens with zero attached hydrogens (tertiary/aromatic N) is 1. The van der Waals surface area contributed by atoms with Crippen LogP contribution >= 0.6 is 0 Å². The molecule has 2 rings (SSSR count). The highest BCUT2D eigenvalue weighted by molar-refractivity contribution is 5.91. The molecule has 1 N–H and O–H groups in total. The second-order valence-electron chi connectivity index (χ2n) is 4.86. The second kappa shape index (κ2) is 5.21. The molecule has 0 aliphatic heterocycles. The summed E-state index contributed by atoms with van der Waals surface area (Å²) >= 11 is 0. The first-order valence-corrected chi connectivity index (χ1v) is 6.13. The minimum Gasteiger partial charge on any atom is -0.478 e. The van der Waals surface area contributed by atoms with Crippen molar-refractivity contribution >= 4 is 11.9 Å². The van der Waals surface area contributed by atoms with Gasteiger partial charge in [-0.2, -0.15) is 0 Å². The number of likely N-dealkylation sites (N-methyl/N-ethyl adjacent to an activating group) is 1. The van der Waals surface area contributed by atoms with Crippen LogP contribution in [0.4, 0.5) is 0 Å². The van der Waals surface area contributed by atoms with Crippen molar-refractivity contribution in [3.63, 3.8) is 0 Å². The number of carbonyl (C=O) groups is 2. The molecule has 96 valence electrons. The van der Waals surface area contributed by atoms with Crippen LogP contribution in [-0.2, 0) is 11.2 Å². The van der Waals surface area contributed by atoms with Crippen molar-refractivity contribution in [1.29, 1.82) is 0 Å². The summed E-state index contributed by atoms with van der Waals surface area (Å²) in [7, 11) is 1.78. The molecular formula is C14H17NO3. The summed E-state index contributed by atoms with van der Waals surface area (Å²) in [5.74, 6) is -0.354. The zero-order chi connectivity index (χ0) is 13.1. The van der Waals surface area contributed by atoms with Crippen molar-refractivity contribution in [2.24, 2.45) is 5.92 Å². The lowest BCUT2D eigenvalue weighted by Gasteiger charge is -2.17. The van der Waals surface area contributed by atoms with Gasteiger partial charge in [0.1, 0.15) is 0 Å². The fourth-order valence-electron chi connectivity index (χ4n) is 1.97. The maximum atomic E-state index is 12.0. The fourth-order valence-corrected chi connectivity index (χ4v) is 1.97. The molecule has 1 amide bonds. The van der Waals surface area contributed by atoms with E-state index in [1.165, 1.54) is 18.9 Å². The zero-order valence-electron chi connectivity index (χ0n) is 10.4. The Kier molecular flexibility index (Phi) is 3.65. The van der Waals surface area contributed by atoms with Crippen molar-refractivity contribution in [2.45, 2.75) is 19.3 Å². The molecule has 0 spiro atoms. The normalized spacial score (nSPS) is 14.3. The van der Waals surface area contributed by atoms with Gasteiger partial charge in [0, 0.05) is 13.6 Å². The van der Waals surface area contributed by atoms with E-state index in [9.17, 15) is 9.59 Å². The minimum atomic E-state index is -0.983. The number of hydrogen-bond acceptors (Lipinski definition) is 2. The van der Waals surface area contributed by atoms with Gasteiger partial charge in [0.25, 0.3) is 0 Å². The molecule has 0 aromatic heterocycles. The Balaban J connectivity index is 2.03. The summed E-state index contributed by atoms with van der Waals surface area (Å²) in [5.41, 5.74) is 0.795. The van der Waals surface area contributed by atoms with Crippen LogP contribution in [0.15, 0.2) is 24.3 Å². The zero-order valence-corrected chi connectivity index (χ0v) is 10.4. The molecule has 0 atom stereocenters. The van der Waals surface area contributed by atoms with Crippen molar-refractivity contribution in [2.75, 3.05) is 13.6 Å². The van der Waals surface area contributed by atoms with E-state index in [0.29, 0.717) is 11.5 Å². The summed E-state index contributed by atoms with van der Waals surface area (Å²) in [6.45, 7) is 0.786. The average Bonchev–Trinajstić information content (AvgIpc) is 3.13. The number of hydrogen-bond donors (Lipinski definition) is 1. The first-order valence-electron chi connectivity index (χ1n) is 6.13. The van der Waals surface area contributed by atoms with Gasteiger partial charge in [-0.3, -0.25) is 4.79 Å². The topological polar surface area (TPSA) is 57.6 Å². The van der Waals surface area contributed by atoms with Crippen molar-refractivity contribution in [1.82, 2.24) is 4.90 Å². The van der Waals surface area contributed by atoms with Crippen LogP contribution in [0.1, 0.15) is 28.8 Å². The standard InChI is InChI=1S/C14H17NO3/c1-15(9-10-6-7-10)13(16)8-11-4-2-3-5-12(11)14(17)18/h2-5,10H,6-9H2,1H3,(H,17,18). The van der Waals surface area contributed by atoms with Gasteiger partial charge in [0.15, 0.2) is 0 Å². The summed E-state index contributed by atoms with van der Waals surface area (Å²) < 4.78 is 0. The Morgan fingerprint density at radius 2 is 2.00 bits per heavy atom. The van der Waals surface area contributed by atoms with Gasteiger partial charge in [0.2, 0.25) is 5.91 Å². The molecule has 1 saturated carbocycles. The predicted octanol–water partition coefficient (Wildman–Crippen LogP) is 1.80. The summed E-state index contributed by atoms with van der Waals surface area (Å²) in [6, 6.07) is 6.67. The van der Waals surface area contributed by atoms with Crippen LogP contribution < -0.4 is 0 Å². The summed E-state index contributed by atoms with van der Waals surface area (Å²) in [5, 5.41) is 9.05. The molecule has 0 radical (unpaired) electrons. The number of amides is 1. The number of aromatic carboxylic acids is 1. The maximum Gasteiger partial charge on any atom is 0.335 e. The van der Waals surface area contributed by atoms with Gasteiger partial charge in [-0.1, -0.05) is 18.2 Å². The quantitative estimate of drug-likeness (QED) is 0.863. The minimum absolute atomic E-state index is 0.0180. The van der Waals surface area contributed by atoms with Gasteiger partial charge < -0.3 is 10.0 Å². The molecule has 1 aliphatic rings. The molecule has 1 aromatic carbocycles. The average molecular weight is 247 g/mol. The van der Waals surface area contributed by atoms with Crippen LogP contribution in [0.2, 0.25) is 0 Å². The van der Waals surface area contributed by atoms with E-state index in [2.05, 4.69) is 0 Å². The van der Waals surface area contributed by atoms with Crippen LogP contribution in [0.3, 0.4) is 0 Å². The first-order chi connectivity index (χ1) is 8.58. The van der Waals surface area contributed by atoms with Crippen molar-refractivity contribution in [3.05, 3.63) is 35.4 Å². The highest BCUT2D eigenvalue weighted by Gasteiger charge is 2.25. The summed E-state index contributed by atoms with van der Waals surface area (Å²) in [4.78, 5) is 24.7. The monoisotopic (exact) mass is 247 g/mol. The highest BCUT2D eigenvalue weighted by atomic mass is 16.4. The number of benzene rings is 1. The molecular weight excluding hydrogens is 230 g/mol.